The minimum atomic E-state index is -1.42. The zero-order valence-corrected chi connectivity index (χ0v) is 24.8. The summed E-state index contributed by atoms with van der Waals surface area (Å²) in [6.07, 6.45) is -2.27. The molecule has 2 heterocycles. The summed E-state index contributed by atoms with van der Waals surface area (Å²) in [6.45, 7) is -0.645. The highest BCUT2D eigenvalue weighted by atomic mass is 79.9. The monoisotopic (exact) mass is 670 g/mol. The molecule has 3 aromatic rings. The fourth-order valence-electron chi connectivity index (χ4n) is 5.81. The maximum atomic E-state index is 14.5. The number of hydrogen-bond donors (Lipinski definition) is 3. The van der Waals surface area contributed by atoms with Crippen LogP contribution < -0.4 is 4.90 Å². The standard InChI is InChI=1S/C28H30BrClF2N4O6/c1-41-26-24(35-12-20(33-34-35)14-6-15(29)8-17(31)7-14)25(39)23(13-37)42-27(26)28(40)36(21-4-2-3-5-22(21)38)19-10-16(30)9-18(32)11-19/h6-12,21-27,37-39H,2-5,13H2,1H3/t21-,22-,23+,24-,25-,26+,27+/m0/s1. The summed E-state index contributed by atoms with van der Waals surface area (Å²) >= 11 is 9.40. The number of aromatic nitrogens is 3. The van der Waals surface area contributed by atoms with Gasteiger partial charge in [0.1, 0.15) is 41.7 Å². The molecule has 226 valence electrons. The third kappa shape index (κ3) is 6.23. The quantitative estimate of drug-likeness (QED) is 0.347. The molecule has 0 radical (unpaired) electrons. The average molecular weight is 672 g/mol. The van der Waals surface area contributed by atoms with Crippen molar-refractivity contribution in [3.05, 3.63) is 63.7 Å². The Kier molecular flexibility index (Phi) is 9.57. The van der Waals surface area contributed by atoms with Crippen LogP contribution in [0.15, 0.2) is 47.1 Å². The Labute approximate surface area is 253 Å². The second kappa shape index (κ2) is 13.0. The smallest absolute Gasteiger partial charge is 0.259 e. The Balaban J connectivity index is 1.55. The molecule has 14 heteroatoms. The lowest BCUT2D eigenvalue weighted by Crippen LogP contribution is -2.63. The third-order valence-electron chi connectivity index (χ3n) is 7.75. The van der Waals surface area contributed by atoms with E-state index in [9.17, 15) is 28.9 Å². The van der Waals surface area contributed by atoms with E-state index >= 15 is 0 Å². The number of anilines is 1. The molecule has 1 aromatic heterocycles. The largest absolute Gasteiger partial charge is 0.394 e. The molecule has 1 saturated heterocycles. The van der Waals surface area contributed by atoms with Gasteiger partial charge in [0.05, 0.1) is 24.9 Å². The van der Waals surface area contributed by atoms with Gasteiger partial charge >= 0.3 is 0 Å². The SMILES string of the molecule is CO[C@@H]1[C@@H](n2cc(-c3cc(F)cc(Br)c3)nn2)[C@@H](O)[C@@H](CO)O[C@H]1C(=O)N(c1cc(F)cc(Cl)c1)[C@H]1CCCC[C@@H]1O. The van der Waals surface area contributed by atoms with Crippen molar-refractivity contribution >= 4 is 39.1 Å². The van der Waals surface area contributed by atoms with Crippen molar-refractivity contribution in [3.63, 3.8) is 0 Å². The van der Waals surface area contributed by atoms with Gasteiger partial charge in [-0.3, -0.25) is 4.79 Å². The molecule has 0 unspecified atom stereocenters. The first-order valence-electron chi connectivity index (χ1n) is 13.4. The lowest BCUT2D eigenvalue weighted by atomic mass is 9.88. The summed E-state index contributed by atoms with van der Waals surface area (Å²) in [4.78, 5) is 15.6. The Morgan fingerprint density at radius 1 is 1.17 bits per heavy atom. The molecular formula is C28H30BrClF2N4O6. The molecule has 42 heavy (non-hydrogen) atoms. The maximum absolute atomic E-state index is 14.5. The van der Waals surface area contributed by atoms with E-state index in [1.807, 2.05) is 0 Å². The summed E-state index contributed by atoms with van der Waals surface area (Å²) in [7, 11) is 1.33. The number of benzene rings is 2. The highest BCUT2D eigenvalue weighted by molar-refractivity contribution is 9.10. The van der Waals surface area contributed by atoms with Crippen LogP contribution in [0.4, 0.5) is 14.5 Å². The molecule has 10 nitrogen and oxygen atoms in total. The van der Waals surface area contributed by atoms with E-state index in [-0.39, 0.29) is 16.4 Å². The van der Waals surface area contributed by atoms with Crippen LogP contribution in [0.1, 0.15) is 31.7 Å². The highest BCUT2D eigenvalue weighted by Gasteiger charge is 2.52. The van der Waals surface area contributed by atoms with E-state index in [4.69, 9.17) is 21.1 Å². The average Bonchev–Trinajstić information content (AvgIpc) is 3.43. The number of carbonyl (C=O) groups is 1. The summed E-state index contributed by atoms with van der Waals surface area (Å²) in [5, 5.41) is 40.5. The minimum absolute atomic E-state index is 0.0571. The third-order valence-corrected chi connectivity index (χ3v) is 8.42. The molecule has 1 aliphatic carbocycles. The highest BCUT2D eigenvalue weighted by Crippen LogP contribution is 2.37. The van der Waals surface area contributed by atoms with E-state index < -0.39 is 66.8 Å². The number of ether oxygens (including phenoxy) is 2. The zero-order valence-electron chi connectivity index (χ0n) is 22.5. The number of aliphatic hydroxyl groups excluding tert-OH is 3. The fourth-order valence-corrected chi connectivity index (χ4v) is 6.49. The Morgan fingerprint density at radius 3 is 2.57 bits per heavy atom. The molecule has 1 amide bonds. The fraction of sp³-hybridized carbons (Fsp3) is 0.464. The summed E-state index contributed by atoms with van der Waals surface area (Å²) in [5.74, 6) is -1.85. The normalized spacial score (nSPS) is 28.0. The van der Waals surface area contributed by atoms with Crippen molar-refractivity contribution < 1.29 is 38.4 Å². The minimum Gasteiger partial charge on any atom is -0.394 e. The number of halogens is 4. The first-order valence-corrected chi connectivity index (χ1v) is 14.6. The van der Waals surface area contributed by atoms with E-state index in [1.54, 1.807) is 6.07 Å². The number of rotatable bonds is 7. The first kappa shape index (κ1) is 30.9. The Morgan fingerprint density at radius 2 is 1.90 bits per heavy atom. The van der Waals surface area contributed by atoms with Crippen molar-refractivity contribution in [2.75, 3.05) is 18.6 Å². The van der Waals surface area contributed by atoms with Crippen LogP contribution in [0.25, 0.3) is 11.3 Å². The molecule has 0 bridgehead atoms. The molecule has 3 N–H and O–H groups in total. The van der Waals surface area contributed by atoms with Crippen molar-refractivity contribution in [1.29, 1.82) is 0 Å². The van der Waals surface area contributed by atoms with Gasteiger partial charge in [0.2, 0.25) is 0 Å². The van der Waals surface area contributed by atoms with Gasteiger partial charge in [-0.15, -0.1) is 5.10 Å². The van der Waals surface area contributed by atoms with Crippen molar-refractivity contribution in [3.8, 4) is 11.3 Å². The van der Waals surface area contributed by atoms with Crippen molar-refractivity contribution in [2.24, 2.45) is 0 Å². The van der Waals surface area contributed by atoms with Gasteiger partial charge < -0.3 is 29.7 Å². The van der Waals surface area contributed by atoms with Crippen LogP contribution in [0.2, 0.25) is 5.02 Å². The predicted molar refractivity (Wildman–Crippen MR) is 152 cm³/mol. The second-order valence-electron chi connectivity index (χ2n) is 10.5. The number of hydrogen-bond acceptors (Lipinski definition) is 8. The van der Waals surface area contributed by atoms with Crippen LogP contribution in [-0.2, 0) is 14.3 Å². The van der Waals surface area contributed by atoms with Crippen molar-refractivity contribution in [1.82, 2.24) is 15.0 Å². The Bertz CT molecular complexity index is 1390. The van der Waals surface area contributed by atoms with Gasteiger partial charge in [0.25, 0.3) is 5.91 Å². The van der Waals surface area contributed by atoms with Gasteiger partial charge in [-0.1, -0.05) is 45.6 Å². The maximum Gasteiger partial charge on any atom is 0.259 e. The van der Waals surface area contributed by atoms with E-state index in [0.29, 0.717) is 22.9 Å². The summed E-state index contributed by atoms with van der Waals surface area (Å²) < 4.78 is 42.0. The van der Waals surface area contributed by atoms with Crippen LogP contribution in [0.3, 0.4) is 0 Å². The van der Waals surface area contributed by atoms with E-state index in [2.05, 4.69) is 26.2 Å². The first-order chi connectivity index (χ1) is 20.1. The molecule has 5 rings (SSSR count). The molecule has 0 spiro atoms. The van der Waals surface area contributed by atoms with E-state index in [0.717, 1.165) is 25.0 Å². The Hall–Kier alpha value is -2.52. The second-order valence-corrected chi connectivity index (χ2v) is 11.8. The number of nitrogens with zero attached hydrogens (tertiary/aromatic N) is 4. The molecule has 2 aromatic carbocycles. The van der Waals surface area contributed by atoms with Gasteiger partial charge in [-0.2, -0.15) is 0 Å². The predicted octanol–water partition coefficient (Wildman–Crippen LogP) is 3.65. The number of amides is 1. The molecule has 7 atom stereocenters. The van der Waals surface area contributed by atoms with Gasteiger partial charge in [-0.05, 0) is 49.2 Å². The van der Waals surface area contributed by atoms with Crippen LogP contribution in [0, 0.1) is 11.6 Å². The number of carbonyl (C=O) groups excluding carboxylic acids is 1. The molecule has 1 saturated carbocycles. The van der Waals surface area contributed by atoms with E-state index in [1.165, 1.54) is 41.1 Å². The summed E-state index contributed by atoms with van der Waals surface area (Å²) in [6, 6.07) is 6.08. The van der Waals surface area contributed by atoms with Crippen LogP contribution >= 0.6 is 27.5 Å². The van der Waals surface area contributed by atoms with Gasteiger partial charge in [0, 0.05) is 27.9 Å². The molecule has 2 fully saturated rings. The van der Waals surface area contributed by atoms with Crippen molar-refractivity contribution in [2.45, 2.75) is 68.3 Å². The van der Waals surface area contributed by atoms with Gasteiger partial charge in [0.15, 0.2) is 6.10 Å². The van der Waals surface area contributed by atoms with Crippen LogP contribution in [-0.4, -0.2) is 86.5 Å². The zero-order chi connectivity index (χ0) is 30.1. The molecule has 2 aliphatic rings. The molecular weight excluding hydrogens is 642 g/mol. The lowest BCUT2D eigenvalue weighted by molar-refractivity contribution is -0.211. The topological polar surface area (TPSA) is 130 Å². The number of aliphatic hydroxyl groups is 3. The van der Waals surface area contributed by atoms with Gasteiger partial charge in [-0.25, -0.2) is 13.5 Å². The number of methoxy groups -OCH3 is 1. The molecule has 1 aliphatic heterocycles. The lowest BCUT2D eigenvalue weighted by Gasteiger charge is -2.46. The summed E-state index contributed by atoms with van der Waals surface area (Å²) in [5.41, 5.74) is 0.821. The van der Waals surface area contributed by atoms with Crippen LogP contribution in [0.5, 0.6) is 0 Å².